The molecule has 0 heterocycles. The fourth-order valence-electron chi connectivity index (χ4n) is 0.892. The van der Waals surface area contributed by atoms with Crippen LogP contribution in [-0.2, 0) is 15.5 Å². The van der Waals surface area contributed by atoms with Crippen molar-refractivity contribution in [2.24, 2.45) is 0 Å². The molecule has 1 rings (SSSR count). The second-order valence-electron chi connectivity index (χ2n) is 2.47. The molecule has 0 bridgehead atoms. The standard InChI is InChI=1S/C8H6O6S/c9-7(10)5-2-1-3-6(4-5)8(11)14-15(12)13/h1-4H,(H,9,10)(H,12,13). The topological polar surface area (TPSA) is 101 Å². The smallest absolute Gasteiger partial charge is 0.360 e. The Bertz CT molecular complexity index is 427. The molecule has 6 nitrogen and oxygen atoms in total. The Morgan fingerprint density at radius 2 is 1.87 bits per heavy atom. The van der Waals surface area contributed by atoms with Gasteiger partial charge in [0.2, 0.25) is 0 Å². The maximum Gasteiger partial charge on any atom is 0.360 e. The van der Waals surface area contributed by atoms with Crippen molar-refractivity contribution in [3.05, 3.63) is 35.4 Å². The summed E-state index contributed by atoms with van der Waals surface area (Å²) < 4.78 is 22.4. The highest BCUT2D eigenvalue weighted by molar-refractivity contribution is 7.74. The van der Waals surface area contributed by atoms with Gasteiger partial charge in [0, 0.05) is 0 Å². The molecular weight excluding hydrogens is 224 g/mol. The van der Waals surface area contributed by atoms with Gasteiger partial charge in [0.25, 0.3) is 0 Å². The number of rotatable bonds is 3. The average Bonchev–Trinajstić information content (AvgIpc) is 2.17. The largest absolute Gasteiger partial charge is 0.478 e. The van der Waals surface area contributed by atoms with Crippen LogP contribution in [0.3, 0.4) is 0 Å². The van der Waals surface area contributed by atoms with Gasteiger partial charge < -0.3 is 9.29 Å². The van der Waals surface area contributed by atoms with E-state index < -0.39 is 23.3 Å². The van der Waals surface area contributed by atoms with Crippen LogP contribution in [0.1, 0.15) is 20.7 Å². The third-order valence-corrected chi connectivity index (χ3v) is 1.79. The molecular formula is C8H6O6S. The van der Waals surface area contributed by atoms with Crippen molar-refractivity contribution in [2.75, 3.05) is 0 Å². The van der Waals surface area contributed by atoms with Gasteiger partial charge in [0.15, 0.2) is 0 Å². The van der Waals surface area contributed by atoms with Crippen molar-refractivity contribution in [3.8, 4) is 0 Å². The molecule has 1 unspecified atom stereocenters. The molecule has 2 N–H and O–H groups in total. The van der Waals surface area contributed by atoms with Gasteiger partial charge in [0.1, 0.15) is 0 Å². The van der Waals surface area contributed by atoms with E-state index in [1.807, 2.05) is 0 Å². The Morgan fingerprint density at radius 3 is 2.40 bits per heavy atom. The van der Waals surface area contributed by atoms with Crippen LogP contribution in [-0.4, -0.2) is 25.8 Å². The van der Waals surface area contributed by atoms with E-state index in [9.17, 15) is 13.8 Å². The molecule has 1 atom stereocenters. The van der Waals surface area contributed by atoms with Crippen molar-refractivity contribution >= 4 is 23.3 Å². The second-order valence-corrected chi connectivity index (χ2v) is 3.07. The van der Waals surface area contributed by atoms with Crippen molar-refractivity contribution in [2.45, 2.75) is 0 Å². The van der Waals surface area contributed by atoms with Crippen molar-refractivity contribution < 1.29 is 27.6 Å². The minimum absolute atomic E-state index is 0.0997. The Morgan fingerprint density at radius 1 is 1.27 bits per heavy atom. The molecule has 15 heavy (non-hydrogen) atoms. The first-order valence-corrected chi connectivity index (χ1v) is 4.71. The maximum absolute atomic E-state index is 11.1. The average molecular weight is 230 g/mol. The summed E-state index contributed by atoms with van der Waals surface area (Å²) in [5.74, 6) is -2.26. The Labute approximate surface area is 87.0 Å². The maximum atomic E-state index is 11.1. The first-order valence-electron chi connectivity index (χ1n) is 3.67. The minimum Gasteiger partial charge on any atom is -0.478 e. The van der Waals surface area contributed by atoms with Crippen LogP contribution in [0.5, 0.6) is 0 Å². The van der Waals surface area contributed by atoms with Crippen molar-refractivity contribution in [1.29, 1.82) is 0 Å². The zero-order valence-corrected chi connectivity index (χ0v) is 8.06. The predicted octanol–water partition coefficient (Wildman–Crippen LogP) is 0.678. The molecule has 0 aliphatic heterocycles. The quantitative estimate of drug-likeness (QED) is 0.740. The SMILES string of the molecule is O=C(O)c1cccc(C(=O)OS(=O)O)c1. The van der Waals surface area contributed by atoms with Crippen LogP contribution in [0.4, 0.5) is 0 Å². The number of carbonyl (C=O) groups is 2. The van der Waals surface area contributed by atoms with Gasteiger partial charge >= 0.3 is 23.3 Å². The zero-order chi connectivity index (χ0) is 11.4. The number of hydrogen-bond acceptors (Lipinski definition) is 4. The zero-order valence-electron chi connectivity index (χ0n) is 7.25. The lowest BCUT2D eigenvalue weighted by Gasteiger charge is -1.99. The lowest BCUT2D eigenvalue weighted by molar-refractivity contribution is 0.0697. The minimum atomic E-state index is -2.71. The van der Waals surface area contributed by atoms with E-state index in [2.05, 4.69) is 4.18 Å². The van der Waals surface area contributed by atoms with Crippen LogP contribution in [0.2, 0.25) is 0 Å². The van der Waals surface area contributed by atoms with Gasteiger partial charge in [0.05, 0.1) is 11.1 Å². The predicted molar refractivity (Wildman–Crippen MR) is 49.6 cm³/mol. The molecule has 1 aromatic carbocycles. The molecule has 1 aromatic rings. The van der Waals surface area contributed by atoms with Crippen LogP contribution in [0.15, 0.2) is 24.3 Å². The number of carbonyl (C=O) groups excluding carboxylic acids is 1. The summed E-state index contributed by atoms with van der Waals surface area (Å²) in [5, 5.41) is 8.61. The highest BCUT2D eigenvalue weighted by Gasteiger charge is 2.12. The summed E-state index contributed by atoms with van der Waals surface area (Å²) in [6.07, 6.45) is 0. The molecule has 0 amide bonds. The second kappa shape index (κ2) is 4.67. The Kier molecular flexibility index (Phi) is 3.53. The molecule has 0 aromatic heterocycles. The van der Waals surface area contributed by atoms with Gasteiger partial charge in [-0.05, 0) is 18.2 Å². The summed E-state index contributed by atoms with van der Waals surface area (Å²) in [6, 6.07) is 4.95. The lowest BCUT2D eigenvalue weighted by Crippen LogP contribution is -2.08. The number of hydrogen-bond donors (Lipinski definition) is 2. The fraction of sp³-hybridized carbons (Fsp3) is 0. The number of benzene rings is 1. The summed E-state index contributed by atoms with van der Waals surface area (Å²) in [5.41, 5.74) is -0.203. The van der Waals surface area contributed by atoms with Gasteiger partial charge in [-0.1, -0.05) is 6.07 Å². The van der Waals surface area contributed by atoms with Crippen LogP contribution in [0, 0.1) is 0 Å². The molecule has 80 valence electrons. The highest BCUT2D eigenvalue weighted by Crippen LogP contribution is 2.07. The van der Waals surface area contributed by atoms with E-state index in [-0.39, 0.29) is 11.1 Å². The molecule has 0 radical (unpaired) electrons. The first kappa shape index (κ1) is 11.3. The Hall–Kier alpha value is -1.73. The Balaban J connectivity index is 2.95. The van der Waals surface area contributed by atoms with Gasteiger partial charge in [-0.2, -0.15) is 4.21 Å². The van der Waals surface area contributed by atoms with E-state index in [0.29, 0.717) is 0 Å². The fourth-order valence-corrected chi connectivity index (χ4v) is 1.12. The third-order valence-electron chi connectivity index (χ3n) is 1.49. The molecule has 0 saturated carbocycles. The molecule has 7 heteroatoms. The van der Waals surface area contributed by atoms with E-state index in [0.717, 1.165) is 6.07 Å². The van der Waals surface area contributed by atoms with Crippen molar-refractivity contribution in [1.82, 2.24) is 0 Å². The van der Waals surface area contributed by atoms with Gasteiger partial charge in [-0.15, -0.1) is 0 Å². The molecule has 0 fully saturated rings. The number of aromatic carboxylic acids is 1. The monoisotopic (exact) mass is 230 g/mol. The summed E-state index contributed by atoms with van der Waals surface area (Å²) in [6.45, 7) is 0. The van der Waals surface area contributed by atoms with Crippen LogP contribution >= 0.6 is 0 Å². The van der Waals surface area contributed by atoms with Gasteiger partial charge in [-0.3, -0.25) is 4.55 Å². The highest BCUT2D eigenvalue weighted by atomic mass is 32.2. The number of carboxylic acid groups (broad SMARTS) is 1. The molecule has 0 spiro atoms. The molecule has 0 saturated heterocycles. The molecule has 0 aliphatic rings. The first-order chi connectivity index (χ1) is 7.00. The van der Waals surface area contributed by atoms with Crippen LogP contribution in [0.25, 0.3) is 0 Å². The summed E-state index contributed by atoms with van der Waals surface area (Å²) >= 11 is -2.71. The lowest BCUT2D eigenvalue weighted by atomic mass is 10.1. The van der Waals surface area contributed by atoms with E-state index in [4.69, 9.17) is 9.66 Å². The molecule has 0 aliphatic carbocycles. The van der Waals surface area contributed by atoms with E-state index in [1.54, 1.807) is 0 Å². The van der Waals surface area contributed by atoms with E-state index >= 15 is 0 Å². The third kappa shape index (κ3) is 3.15. The van der Waals surface area contributed by atoms with E-state index in [1.165, 1.54) is 18.2 Å². The summed E-state index contributed by atoms with van der Waals surface area (Å²) in [4.78, 5) is 21.6. The van der Waals surface area contributed by atoms with Crippen LogP contribution < -0.4 is 0 Å². The van der Waals surface area contributed by atoms with Gasteiger partial charge in [-0.25, -0.2) is 9.59 Å². The van der Waals surface area contributed by atoms with Crippen molar-refractivity contribution in [3.63, 3.8) is 0 Å². The normalized spacial score (nSPS) is 11.8. The number of carboxylic acids is 1. The summed E-state index contributed by atoms with van der Waals surface area (Å²) in [7, 11) is 0.